The van der Waals surface area contributed by atoms with E-state index < -0.39 is 11.6 Å². The standard InChI is InChI=1S/C7H6F2O.C5H12.C2H6/c1-10-5-2-3-6(8)7(9)4-5;1-3-5-4-2;1-2/h2-4H,1H3;3-5H2,1-2H3;1-2H3. The van der Waals surface area contributed by atoms with Crippen molar-refractivity contribution in [3.63, 3.8) is 0 Å². The SMILES string of the molecule is CC.CCCCC.COc1ccc(F)c(F)c1. The minimum Gasteiger partial charge on any atom is -0.497 e. The molecular formula is C14H24F2O. The van der Waals surface area contributed by atoms with E-state index in [0.29, 0.717) is 5.75 Å². The van der Waals surface area contributed by atoms with E-state index >= 15 is 0 Å². The van der Waals surface area contributed by atoms with Crippen LogP contribution in [-0.4, -0.2) is 7.11 Å². The van der Waals surface area contributed by atoms with Crippen LogP contribution in [-0.2, 0) is 0 Å². The van der Waals surface area contributed by atoms with Gasteiger partial charge < -0.3 is 4.74 Å². The second-order valence-corrected chi connectivity index (χ2v) is 3.13. The Morgan fingerprint density at radius 3 is 1.82 bits per heavy atom. The molecule has 100 valence electrons. The summed E-state index contributed by atoms with van der Waals surface area (Å²) in [5.74, 6) is -1.43. The second kappa shape index (κ2) is 12.9. The molecule has 0 bridgehead atoms. The molecule has 0 aliphatic rings. The predicted octanol–water partition coefficient (Wildman–Crippen LogP) is 5.20. The largest absolute Gasteiger partial charge is 0.497 e. The Bertz CT molecular complexity index is 273. The molecule has 0 aliphatic carbocycles. The summed E-state index contributed by atoms with van der Waals surface area (Å²) in [5, 5.41) is 0. The third-order valence-electron chi connectivity index (χ3n) is 1.83. The second-order valence-electron chi connectivity index (χ2n) is 3.13. The van der Waals surface area contributed by atoms with Gasteiger partial charge in [0.25, 0.3) is 0 Å². The van der Waals surface area contributed by atoms with Gasteiger partial charge in [0, 0.05) is 6.07 Å². The summed E-state index contributed by atoms with van der Waals surface area (Å²) in [6, 6.07) is 3.38. The van der Waals surface area contributed by atoms with E-state index in [9.17, 15) is 8.78 Å². The average Bonchev–Trinajstić information content (AvgIpc) is 2.37. The summed E-state index contributed by atoms with van der Waals surface area (Å²) in [7, 11) is 1.40. The van der Waals surface area contributed by atoms with Gasteiger partial charge in [-0.05, 0) is 12.1 Å². The van der Waals surface area contributed by atoms with Crippen molar-refractivity contribution in [2.75, 3.05) is 7.11 Å². The van der Waals surface area contributed by atoms with Crippen LogP contribution in [0.3, 0.4) is 0 Å². The van der Waals surface area contributed by atoms with Gasteiger partial charge >= 0.3 is 0 Å². The van der Waals surface area contributed by atoms with Crippen molar-refractivity contribution in [2.24, 2.45) is 0 Å². The first-order chi connectivity index (χ1) is 8.15. The first-order valence-corrected chi connectivity index (χ1v) is 6.14. The number of ether oxygens (including phenoxy) is 1. The number of methoxy groups -OCH3 is 1. The third-order valence-corrected chi connectivity index (χ3v) is 1.83. The van der Waals surface area contributed by atoms with Crippen molar-refractivity contribution in [2.45, 2.75) is 47.0 Å². The maximum atomic E-state index is 12.3. The van der Waals surface area contributed by atoms with E-state index in [1.165, 1.54) is 32.4 Å². The van der Waals surface area contributed by atoms with Crippen LogP contribution in [0, 0.1) is 11.6 Å². The first-order valence-electron chi connectivity index (χ1n) is 6.14. The summed E-state index contributed by atoms with van der Waals surface area (Å²) in [6.45, 7) is 8.42. The molecule has 1 rings (SSSR count). The lowest BCUT2D eigenvalue weighted by atomic mass is 10.3. The van der Waals surface area contributed by atoms with E-state index in [0.717, 1.165) is 12.1 Å². The van der Waals surface area contributed by atoms with Gasteiger partial charge in [0.1, 0.15) is 5.75 Å². The molecule has 3 heteroatoms. The molecule has 0 radical (unpaired) electrons. The van der Waals surface area contributed by atoms with Crippen LogP contribution in [0.4, 0.5) is 8.78 Å². The predicted molar refractivity (Wildman–Crippen MR) is 69.5 cm³/mol. The monoisotopic (exact) mass is 246 g/mol. The van der Waals surface area contributed by atoms with Gasteiger partial charge in [-0.25, -0.2) is 8.78 Å². The van der Waals surface area contributed by atoms with Crippen molar-refractivity contribution < 1.29 is 13.5 Å². The quantitative estimate of drug-likeness (QED) is 0.712. The van der Waals surface area contributed by atoms with Crippen molar-refractivity contribution in [3.05, 3.63) is 29.8 Å². The Balaban J connectivity index is 0. The minimum absolute atomic E-state index is 0.318. The fraction of sp³-hybridized carbons (Fsp3) is 0.571. The number of unbranched alkanes of at least 4 members (excludes halogenated alkanes) is 2. The average molecular weight is 246 g/mol. The molecule has 0 saturated heterocycles. The summed E-state index contributed by atoms with van der Waals surface area (Å²) in [6.07, 6.45) is 4.08. The molecule has 0 fully saturated rings. The summed E-state index contributed by atoms with van der Waals surface area (Å²) in [5.41, 5.74) is 0. The van der Waals surface area contributed by atoms with E-state index in [4.69, 9.17) is 0 Å². The van der Waals surface area contributed by atoms with Crippen LogP contribution in [0.2, 0.25) is 0 Å². The number of benzene rings is 1. The van der Waals surface area contributed by atoms with Gasteiger partial charge in [-0.1, -0.05) is 47.0 Å². The topological polar surface area (TPSA) is 9.23 Å². The highest BCUT2D eigenvalue weighted by molar-refractivity contribution is 5.23. The highest BCUT2D eigenvalue weighted by Crippen LogP contribution is 2.13. The maximum Gasteiger partial charge on any atom is 0.162 e. The molecule has 0 N–H and O–H groups in total. The third kappa shape index (κ3) is 9.79. The Labute approximate surface area is 104 Å². The molecule has 17 heavy (non-hydrogen) atoms. The molecule has 1 aromatic rings. The van der Waals surface area contributed by atoms with Gasteiger partial charge in [-0.3, -0.25) is 0 Å². The Morgan fingerprint density at radius 1 is 1.00 bits per heavy atom. The molecule has 0 saturated carbocycles. The molecule has 0 atom stereocenters. The lowest BCUT2D eigenvalue weighted by molar-refractivity contribution is 0.406. The van der Waals surface area contributed by atoms with Crippen molar-refractivity contribution in [1.29, 1.82) is 0 Å². The van der Waals surface area contributed by atoms with Gasteiger partial charge in [-0.15, -0.1) is 0 Å². The summed E-state index contributed by atoms with van der Waals surface area (Å²) < 4.78 is 29.2. The zero-order chi connectivity index (χ0) is 13.7. The van der Waals surface area contributed by atoms with Gasteiger partial charge in [0.05, 0.1) is 7.11 Å². The van der Waals surface area contributed by atoms with E-state index in [1.54, 1.807) is 0 Å². The highest BCUT2D eigenvalue weighted by atomic mass is 19.2. The smallest absolute Gasteiger partial charge is 0.162 e. The van der Waals surface area contributed by atoms with Crippen molar-refractivity contribution >= 4 is 0 Å². The van der Waals surface area contributed by atoms with Gasteiger partial charge in [-0.2, -0.15) is 0 Å². The van der Waals surface area contributed by atoms with Crippen LogP contribution in [0.15, 0.2) is 18.2 Å². The van der Waals surface area contributed by atoms with Crippen LogP contribution in [0.25, 0.3) is 0 Å². The zero-order valence-electron chi connectivity index (χ0n) is 11.5. The fourth-order valence-electron chi connectivity index (χ4n) is 0.957. The van der Waals surface area contributed by atoms with Gasteiger partial charge in [0.2, 0.25) is 0 Å². The number of halogens is 2. The van der Waals surface area contributed by atoms with E-state index in [2.05, 4.69) is 18.6 Å². The van der Waals surface area contributed by atoms with E-state index in [-0.39, 0.29) is 0 Å². The van der Waals surface area contributed by atoms with Crippen LogP contribution < -0.4 is 4.74 Å². The Kier molecular flexibility index (Phi) is 13.9. The molecule has 0 heterocycles. The normalized spacial score (nSPS) is 8.41. The highest BCUT2D eigenvalue weighted by Gasteiger charge is 2.00. The first kappa shape index (κ1) is 18.3. The van der Waals surface area contributed by atoms with Crippen LogP contribution in [0.1, 0.15) is 47.0 Å². The number of hydrogen-bond donors (Lipinski definition) is 0. The lowest BCUT2D eigenvalue weighted by Gasteiger charge is -1.97. The maximum absolute atomic E-state index is 12.3. The Hall–Kier alpha value is -1.12. The molecule has 0 unspecified atom stereocenters. The molecule has 0 aromatic heterocycles. The lowest BCUT2D eigenvalue weighted by Crippen LogP contribution is -1.86. The molecule has 0 amide bonds. The van der Waals surface area contributed by atoms with Crippen molar-refractivity contribution in [1.82, 2.24) is 0 Å². The fourth-order valence-corrected chi connectivity index (χ4v) is 0.957. The molecule has 1 nitrogen and oxygen atoms in total. The van der Waals surface area contributed by atoms with Crippen LogP contribution in [0.5, 0.6) is 5.75 Å². The van der Waals surface area contributed by atoms with E-state index in [1.807, 2.05) is 13.8 Å². The van der Waals surface area contributed by atoms with Crippen molar-refractivity contribution in [3.8, 4) is 5.75 Å². The number of rotatable bonds is 3. The van der Waals surface area contributed by atoms with Crippen LogP contribution >= 0.6 is 0 Å². The molecule has 0 spiro atoms. The summed E-state index contributed by atoms with van der Waals surface area (Å²) >= 11 is 0. The zero-order valence-corrected chi connectivity index (χ0v) is 11.5. The summed E-state index contributed by atoms with van der Waals surface area (Å²) in [4.78, 5) is 0. The molecule has 1 aromatic carbocycles. The minimum atomic E-state index is -0.889. The molecular weight excluding hydrogens is 222 g/mol. The number of hydrogen-bond acceptors (Lipinski definition) is 1. The molecule has 0 aliphatic heterocycles. The van der Waals surface area contributed by atoms with Gasteiger partial charge in [0.15, 0.2) is 11.6 Å². The Morgan fingerprint density at radius 2 is 1.53 bits per heavy atom.